The van der Waals surface area contributed by atoms with Crippen molar-refractivity contribution in [3.05, 3.63) is 83.0 Å². The number of anilines is 1. The average Bonchev–Trinajstić information content (AvgIpc) is 3.37. The molecule has 3 rings (SSSR count). The Bertz CT molecular complexity index is 1310. The summed E-state index contributed by atoms with van der Waals surface area (Å²) in [6.45, 7) is 3.37. The van der Waals surface area contributed by atoms with E-state index in [2.05, 4.69) is 20.9 Å². The fourth-order valence-corrected chi connectivity index (χ4v) is 5.03. The highest BCUT2D eigenvalue weighted by molar-refractivity contribution is 7.94. The van der Waals surface area contributed by atoms with E-state index in [1.807, 2.05) is 0 Å². The molecule has 1 atom stereocenters. The van der Waals surface area contributed by atoms with Gasteiger partial charge in [0.2, 0.25) is 0 Å². The SMILES string of the molecule is CC(C)C(NC(=O)c1ccccc1F)C(=O)NNC(=O)c1ccc(NS(=O)(=O)c2cccs2)cc1. The molecule has 0 aliphatic carbocycles. The second-order valence-electron chi connectivity index (χ2n) is 7.73. The lowest BCUT2D eigenvalue weighted by atomic mass is 10.0. The number of sulfonamides is 1. The molecule has 0 radical (unpaired) electrons. The van der Waals surface area contributed by atoms with Gasteiger partial charge in [-0.3, -0.25) is 30.0 Å². The van der Waals surface area contributed by atoms with Crippen LogP contribution >= 0.6 is 11.3 Å². The molecule has 1 heterocycles. The second kappa shape index (κ2) is 11.1. The van der Waals surface area contributed by atoms with Gasteiger partial charge in [-0.25, -0.2) is 12.8 Å². The Kier molecular flexibility index (Phi) is 8.20. The van der Waals surface area contributed by atoms with E-state index >= 15 is 0 Å². The van der Waals surface area contributed by atoms with E-state index in [0.29, 0.717) is 0 Å². The summed E-state index contributed by atoms with van der Waals surface area (Å²) in [5.74, 6) is -3.20. The van der Waals surface area contributed by atoms with Crippen LogP contribution in [0.3, 0.4) is 0 Å². The summed E-state index contributed by atoms with van der Waals surface area (Å²) >= 11 is 1.07. The van der Waals surface area contributed by atoms with Gasteiger partial charge in [0.1, 0.15) is 16.1 Å². The topological polar surface area (TPSA) is 133 Å². The fraction of sp³-hybridized carbons (Fsp3) is 0.174. The molecule has 0 saturated heterocycles. The number of halogens is 1. The fourth-order valence-electron chi connectivity index (χ4n) is 2.98. The molecule has 0 fully saturated rings. The molecule has 0 saturated carbocycles. The molecule has 1 unspecified atom stereocenters. The Morgan fingerprint density at radius 1 is 0.886 bits per heavy atom. The third-order valence-corrected chi connectivity index (χ3v) is 7.59. The maximum Gasteiger partial charge on any atom is 0.271 e. The van der Waals surface area contributed by atoms with Crippen LogP contribution in [0.1, 0.15) is 34.6 Å². The third kappa shape index (κ3) is 6.64. The van der Waals surface area contributed by atoms with E-state index < -0.39 is 39.6 Å². The Morgan fingerprint density at radius 2 is 1.57 bits per heavy atom. The lowest BCUT2D eigenvalue weighted by Crippen LogP contribution is -2.54. The smallest absolute Gasteiger partial charge is 0.271 e. The van der Waals surface area contributed by atoms with E-state index in [4.69, 9.17) is 0 Å². The number of hydrogen-bond donors (Lipinski definition) is 4. The summed E-state index contributed by atoms with van der Waals surface area (Å²) in [6.07, 6.45) is 0. The lowest BCUT2D eigenvalue weighted by molar-refractivity contribution is -0.124. The molecule has 3 aromatic rings. The Balaban J connectivity index is 1.58. The molecule has 9 nitrogen and oxygen atoms in total. The summed E-state index contributed by atoms with van der Waals surface area (Å²) in [7, 11) is -3.72. The van der Waals surface area contributed by atoms with Crippen molar-refractivity contribution in [1.82, 2.24) is 16.2 Å². The zero-order valence-corrected chi connectivity index (χ0v) is 20.4. The van der Waals surface area contributed by atoms with Gasteiger partial charge in [0.15, 0.2) is 0 Å². The number of amides is 3. The average molecular weight is 519 g/mol. The first-order valence-electron chi connectivity index (χ1n) is 10.4. The van der Waals surface area contributed by atoms with Gasteiger partial charge in [0, 0.05) is 11.3 Å². The second-order valence-corrected chi connectivity index (χ2v) is 10.6. The van der Waals surface area contributed by atoms with Gasteiger partial charge in [-0.15, -0.1) is 11.3 Å². The quantitative estimate of drug-likeness (QED) is 0.340. The largest absolute Gasteiger partial charge is 0.340 e. The summed E-state index contributed by atoms with van der Waals surface area (Å²) in [5.41, 5.74) is 4.70. The summed E-state index contributed by atoms with van der Waals surface area (Å²) < 4.78 is 41.0. The van der Waals surface area contributed by atoms with Crippen LogP contribution in [0.25, 0.3) is 0 Å². The van der Waals surface area contributed by atoms with Crippen molar-refractivity contribution in [1.29, 1.82) is 0 Å². The molecule has 3 amide bonds. The van der Waals surface area contributed by atoms with Crippen LogP contribution in [-0.2, 0) is 14.8 Å². The van der Waals surface area contributed by atoms with Crippen LogP contribution in [0.5, 0.6) is 0 Å². The highest BCUT2D eigenvalue weighted by atomic mass is 32.2. The van der Waals surface area contributed by atoms with Crippen LogP contribution in [0, 0.1) is 11.7 Å². The van der Waals surface area contributed by atoms with Gasteiger partial charge in [0.25, 0.3) is 27.7 Å². The minimum absolute atomic E-state index is 0.154. The van der Waals surface area contributed by atoms with Gasteiger partial charge >= 0.3 is 0 Å². The van der Waals surface area contributed by atoms with Gasteiger partial charge in [-0.05, 0) is 53.8 Å². The van der Waals surface area contributed by atoms with Crippen LogP contribution in [0.4, 0.5) is 10.1 Å². The summed E-state index contributed by atoms with van der Waals surface area (Å²) in [4.78, 5) is 37.4. The molecule has 1 aromatic heterocycles. The molecule has 4 N–H and O–H groups in total. The summed E-state index contributed by atoms with van der Waals surface area (Å²) in [5, 5.41) is 4.12. The molecule has 184 valence electrons. The molecular formula is C23H23FN4O5S2. The zero-order chi connectivity index (χ0) is 25.6. The molecule has 0 spiro atoms. The van der Waals surface area contributed by atoms with E-state index in [0.717, 1.165) is 17.4 Å². The number of rotatable bonds is 8. The monoisotopic (exact) mass is 518 g/mol. The predicted octanol–water partition coefficient (Wildman–Crippen LogP) is 2.90. The molecule has 12 heteroatoms. The molecule has 2 aromatic carbocycles. The number of hydrogen-bond acceptors (Lipinski definition) is 6. The van der Waals surface area contributed by atoms with Gasteiger partial charge in [-0.1, -0.05) is 32.0 Å². The lowest BCUT2D eigenvalue weighted by Gasteiger charge is -2.22. The first-order chi connectivity index (χ1) is 16.6. The van der Waals surface area contributed by atoms with Crippen molar-refractivity contribution in [2.75, 3.05) is 4.72 Å². The minimum Gasteiger partial charge on any atom is -0.340 e. The Morgan fingerprint density at radius 3 is 2.17 bits per heavy atom. The third-order valence-electron chi connectivity index (χ3n) is 4.81. The van der Waals surface area contributed by atoms with Crippen molar-refractivity contribution in [2.45, 2.75) is 24.1 Å². The molecule has 0 aliphatic rings. The first-order valence-corrected chi connectivity index (χ1v) is 12.8. The molecule has 35 heavy (non-hydrogen) atoms. The Hall–Kier alpha value is -3.77. The normalized spacial score (nSPS) is 12.0. The molecule has 0 aliphatic heterocycles. The van der Waals surface area contributed by atoms with Crippen molar-refractivity contribution in [3.63, 3.8) is 0 Å². The number of hydrazine groups is 1. The first kappa shape index (κ1) is 25.8. The van der Waals surface area contributed by atoms with E-state index in [9.17, 15) is 27.2 Å². The van der Waals surface area contributed by atoms with E-state index in [1.165, 1.54) is 48.5 Å². The molecule has 0 bridgehead atoms. The maximum atomic E-state index is 13.9. The van der Waals surface area contributed by atoms with E-state index in [1.54, 1.807) is 25.3 Å². The van der Waals surface area contributed by atoms with Gasteiger partial charge < -0.3 is 5.32 Å². The highest BCUT2D eigenvalue weighted by Gasteiger charge is 2.26. The number of carbonyl (C=O) groups excluding carboxylic acids is 3. The number of thiophene rings is 1. The van der Waals surface area contributed by atoms with Gasteiger partial charge in [-0.2, -0.15) is 0 Å². The van der Waals surface area contributed by atoms with Crippen LogP contribution in [0.15, 0.2) is 70.3 Å². The molecular weight excluding hydrogens is 495 g/mol. The minimum atomic E-state index is -3.72. The van der Waals surface area contributed by atoms with Crippen molar-refractivity contribution in [3.8, 4) is 0 Å². The van der Waals surface area contributed by atoms with Crippen molar-refractivity contribution < 1.29 is 27.2 Å². The standard InChI is InChI=1S/C23H23FN4O5S2/c1-14(2)20(25-22(30)17-6-3-4-7-18(17)24)23(31)27-26-21(29)15-9-11-16(12-10-15)28-35(32,33)19-8-5-13-34-19/h3-14,20,28H,1-2H3,(H,25,30)(H,26,29)(H,27,31). The van der Waals surface area contributed by atoms with Crippen LogP contribution in [-0.4, -0.2) is 32.2 Å². The van der Waals surface area contributed by atoms with Crippen molar-refractivity contribution >= 4 is 44.8 Å². The van der Waals surface area contributed by atoms with Gasteiger partial charge in [0.05, 0.1) is 5.56 Å². The van der Waals surface area contributed by atoms with Crippen LogP contribution < -0.4 is 20.9 Å². The summed E-state index contributed by atoms with van der Waals surface area (Å²) in [6, 6.07) is 13.0. The van der Waals surface area contributed by atoms with Crippen LogP contribution in [0.2, 0.25) is 0 Å². The number of carbonyl (C=O) groups is 3. The van der Waals surface area contributed by atoms with E-state index in [-0.39, 0.29) is 26.9 Å². The zero-order valence-electron chi connectivity index (χ0n) is 18.7. The maximum absolute atomic E-state index is 13.9. The van der Waals surface area contributed by atoms with Crippen molar-refractivity contribution in [2.24, 2.45) is 5.92 Å². The predicted molar refractivity (Wildman–Crippen MR) is 130 cm³/mol. The number of nitrogens with one attached hydrogen (secondary N) is 4. The Labute approximate surface area is 205 Å². The number of benzene rings is 2. The highest BCUT2D eigenvalue weighted by Crippen LogP contribution is 2.20.